The van der Waals surface area contributed by atoms with E-state index in [1.165, 1.54) is 6.92 Å². The molecule has 2 atom stereocenters. The highest BCUT2D eigenvalue weighted by Crippen LogP contribution is 2.20. The van der Waals surface area contributed by atoms with Crippen LogP contribution in [0.4, 0.5) is 0 Å². The van der Waals surface area contributed by atoms with Gasteiger partial charge in [0.05, 0.1) is 0 Å². The van der Waals surface area contributed by atoms with Crippen LogP contribution in [0.3, 0.4) is 0 Å². The number of carbonyl (C=O) groups is 3. The van der Waals surface area contributed by atoms with E-state index in [1.54, 1.807) is 0 Å². The van der Waals surface area contributed by atoms with Gasteiger partial charge in [-0.1, -0.05) is 56.3 Å². The topological polar surface area (TPSA) is 101 Å². The van der Waals surface area contributed by atoms with E-state index in [2.05, 4.69) is 10.6 Å². The van der Waals surface area contributed by atoms with Crippen molar-refractivity contribution in [1.82, 2.24) is 10.6 Å². The molecule has 2 aromatic rings. The van der Waals surface area contributed by atoms with Crippen molar-refractivity contribution in [2.75, 3.05) is 0 Å². The second-order valence-electron chi connectivity index (χ2n) is 6.73. The lowest BCUT2D eigenvalue weighted by atomic mass is 9.97. The third-order valence-corrected chi connectivity index (χ3v) is 4.27. The highest BCUT2D eigenvalue weighted by Gasteiger charge is 2.27. The predicted molar refractivity (Wildman–Crippen MR) is 101 cm³/mol. The Kier molecular flexibility index (Phi) is 6.33. The van der Waals surface area contributed by atoms with Crippen LogP contribution in [-0.4, -0.2) is 29.8 Å². The van der Waals surface area contributed by atoms with Crippen LogP contribution in [0.15, 0.2) is 42.5 Å². The van der Waals surface area contributed by atoms with E-state index < -0.39 is 23.9 Å². The Labute approximate surface area is 153 Å². The molecule has 2 rings (SSSR count). The Balaban J connectivity index is 2.22. The van der Waals surface area contributed by atoms with E-state index in [-0.39, 0.29) is 18.2 Å². The second kappa shape index (κ2) is 8.47. The van der Waals surface area contributed by atoms with E-state index >= 15 is 0 Å². The minimum Gasteiger partial charge on any atom is -0.368 e. The van der Waals surface area contributed by atoms with Gasteiger partial charge in [0.25, 0.3) is 0 Å². The lowest BCUT2D eigenvalue weighted by Gasteiger charge is -2.24. The molecule has 0 saturated heterocycles. The van der Waals surface area contributed by atoms with E-state index in [0.717, 1.165) is 16.3 Å². The molecule has 3 amide bonds. The zero-order valence-electron chi connectivity index (χ0n) is 15.3. The van der Waals surface area contributed by atoms with Crippen molar-refractivity contribution in [3.8, 4) is 0 Å². The number of hydrogen-bond acceptors (Lipinski definition) is 3. The van der Waals surface area contributed by atoms with E-state index in [4.69, 9.17) is 5.73 Å². The fourth-order valence-electron chi connectivity index (χ4n) is 2.93. The summed E-state index contributed by atoms with van der Waals surface area (Å²) in [5.74, 6) is -1.45. The number of benzene rings is 2. The molecule has 0 bridgehead atoms. The number of rotatable bonds is 7. The maximum absolute atomic E-state index is 12.6. The molecule has 0 fully saturated rings. The van der Waals surface area contributed by atoms with E-state index in [9.17, 15) is 14.4 Å². The first-order valence-electron chi connectivity index (χ1n) is 8.63. The van der Waals surface area contributed by atoms with E-state index in [0.29, 0.717) is 0 Å². The summed E-state index contributed by atoms with van der Waals surface area (Å²) in [6.07, 6.45) is 0.285. The Morgan fingerprint density at radius 1 is 1.00 bits per heavy atom. The monoisotopic (exact) mass is 355 g/mol. The molecular weight excluding hydrogens is 330 g/mol. The van der Waals surface area contributed by atoms with Crippen molar-refractivity contribution in [1.29, 1.82) is 0 Å². The summed E-state index contributed by atoms with van der Waals surface area (Å²) in [7, 11) is 0. The molecule has 0 aliphatic rings. The van der Waals surface area contributed by atoms with Crippen molar-refractivity contribution < 1.29 is 14.4 Å². The fraction of sp³-hybridized carbons (Fsp3) is 0.350. The van der Waals surface area contributed by atoms with Gasteiger partial charge in [0, 0.05) is 13.3 Å². The third-order valence-electron chi connectivity index (χ3n) is 4.27. The Bertz CT molecular complexity index is 812. The fourth-order valence-corrected chi connectivity index (χ4v) is 2.93. The summed E-state index contributed by atoms with van der Waals surface area (Å²) in [5, 5.41) is 7.37. The van der Waals surface area contributed by atoms with Crippen molar-refractivity contribution in [3.63, 3.8) is 0 Å². The maximum Gasteiger partial charge on any atom is 0.243 e. The van der Waals surface area contributed by atoms with Crippen LogP contribution in [0.2, 0.25) is 0 Å². The zero-order chi connectivity index (χ0) is 19.3. The molecule has 6 heteroatoms. The average Bonchev–Trinajstić information content (AvgIpc) is 2.58. The molecule has 138 valence electrons. The molecule has 0 aromatic heterocycles. The molecule has 4 N–H and O–H groups in total. The first-order chi connectivity index (χ1) is 12.3. The first kappa shape index (κ1) is 19.4. The van der Waals surface area contributed by atoms with Crippen LogP contribution >= 0.6 is 0 Å². The molecule has 0 aliphatic heterocycles. The molecule has 26 heavy (non-hydrogen) atoms. The number of amides is 3. The first-order valence-corrected chi connectivity index (χ1v) is 8.63. The van der Waals surface area contributed by atoms with Gasteiger partial charge < -0.3 is 16.4 Å². The summed E-state index contributed by atoms with van der Waals surface area (Å²) < 4.78 is 0. The molecule has 0 heterocycles. The highest BCUT2D eigenvalue weighted by molar-refractivity contribution is 5.92. The van der Waals surface area contributed by atoms with Gasteiger partial charge >= 0.3 is 0 Å². The van der Waals surface area contributed by atoms with Gasteiger partial charge in [0.2, 0.25) is 17.7 Å². The number of nitrogens with one attached hydrogen (secondary N) is 2. The van der Waals surface area contributed by atoms with Crippen molar-refractivity contribution >= 4 is 28.5 Å². The maximum atomic E-state index is 12.6. The largest absolute Gasteiger partial charge is 0.368 e. The van der Waals surface area contributed by atoms with Crippen LogP contribution in [-0.2, 0) is 20.8 Å². The van der Waals surface area contributed by atoms with Gasteiger partial charge in [0.1, 0.15) is 12.1 Å². The molecule has 0 saturated carbocycles. The van der Waals surface area contributed by atoms with Gasteiger partial charge in [-0.05, 0) is 22.3 Å². The standard InChI is InChI=1S/C20H25N3O3/c1-12(2)18(22-13(3)24)20(26)23-17(19(21)25)11-15-9-6-8-14-7-4-5-10-16(14)15/h4-10,12,17-18H,11H2,1-3H3,(H2,21,25)(H,22,24)(H,23,26)/t17-,18-/m1/s1. The average molecular weight is 355 g/mol. The normalized spacial score (nSPS) is 13.2. The lowest BCUT2D eigenvalue weighted by Crippen LogP contribution is -2.55. The summed E-state index contributed by atoms with van der Waals surface area (Å²) in [4.78, 5) is 35.8. The zero-order valence-corrected chi connectivity index (χ0v) is 15.3. The molecule has 0 spiro atoms. The second-order valence-corrected chi connectivity index (χ2v) is 6.73. The summed E-state index contributed by atoms with van der Waals surface area (Å²) in [5.41, 5.74) is 6.44. The molecule has 6 nitrogen and oxygen atoms in total. The van der Waals surface area contributed by atoms with Crippen LogP contribution in [0.1, 0.15) is 26.3 Å². The van der Waals surface area contributed by atoms with Crippen molar-refractivity contribution in [2.24, 2.45) is 11.7 Å². The van der Waals surface area contributed by atoms with Crippen molar-refractivity contribution in [2.45, 2.75) is 39.3 Å². The highest BCUT2D eigenvalue weighted by atomic mass is 16.2. The number of hydrogen-bond donors (Lipinski definition) is 3. The van der Waals surface area contributed by atoms with Gasteiger partial charge in [-0.3, -0.25) is 14.4 Å². The number of fused-ring (bicyclic) bond motifs is 1. The Morgan fingerprint density at radius 3 is 2.27 bits per heavy atom. The van der Waals surface area contributed by atoms with Gasteiger partial charge in [-0.25, -0.2) is 0 Å². The van der Waals surface area contributed by atoms with E-state index in [1.807, 2.05) is 56.3 Å². The SMILES string of the molecule is CC(=O)N[C@@H](C(=O)N[C@H](Cc1cccc2ccccc12)C(N)=O)C(C)C. The van der Waals surface area contributed by atoms with Crippen LogP contribution in [0.25, 0.3) is 10.8 Å². The van der Waals surface area contributed by atoms with Crippen LogP contribution in [0, 0.1) is 5.92 Å². The Hall–Kier alpha value is -2.89. The molecule has 0 radical (unpaired) electrons. The quantitative estimate of drug-likeness (QED) is 0.702. The number of nitrogens with two attached hydrogens (primary N) is 1. The minimum atomic E-state index is -0.858. The van der Waals surface area contributed by atoms with Crippen LogP contribution < -0.4 is 16.4 Å². The number of carbonyl (C=O) groups excluding carboxylic acids is 3. The van der Waals surface area contributed by atoms with Gasteiger partial charge in [-0.15, -0.1) is 0 Å². The third kappa shape index (κ3) is 4.81. The molecule has 0 aliphatic carbocycles. The van der Waals surface area contributed by atoms with Gasteiger partial charge in [0.15, 0.2) is 0 Å². The summed E-state index contributed by atoms with van der Waals surface area (Å²) in [6.45, 7) is 5.00. The molecule has 2 aromatic carbocycles. The number of primary amides is 1. The predicted octanol–water partition coefficient (Wildman–Crippen LogP) is 1.51. The Morgan fingerprint density at radius 2 is 1.65 bits per heavy atom. The lowest BCUT2D eigenvalue weighted by molar-refractivity contribution is -0.131. The van der Waals surface area contributed by atoms with Crippen molar-refractivity contribution in [3.05, 3.63) is 48.0 Å². The summed E-state index contributed by atoms with van der Waals surface area (Å²) >= 11 is 0. The summed E-state index contributed by atoms with van der Waals surface area (Å²) in [6, 6.07) is 12.1. The van der Waals surface area contributed by atoms with Gasteiger partial charge in [-0.2, -0.15) is 0 Å². The van der Waals surface area contributed by atoms with Crippen LogP contribution in [0.5, 0.6) is 0 Å². The minimum absolute atomic E-state index is 0.120. The molecular formula is C20H25N3O3. The molecule has 0 unspecified atom stereocenters. The smallest absolute Gasteiger partial charge is 0.243 e.